The number of unbranched alkanes of at least 4 members (excludes halogenated alkanes) is 1. The average Bonchev–Trinajstić information content (AvgIpc) is 2.24. The molecule has 0 unspecified atom stereocenters. The Bertz CT molecular complexity index is 329. The molecule has 0 fully saturated rings. The molecule has 0 heterocycles. The molecule has 0 atom stereocenters. The number of carbonyl (C=O) groups excluding carboxylic acids is 1. The summed E-state index contributed by atoms with van der Waals surface area (Å²) >= 11 is 0. The zero-order valence-corrected chi connectivity index (χ0v) is 12.6. The van der Waals surface area contributed by atoms with E-state index in [-0.39, 0.29) is 5.78 Å². The second-order valence-corrected chi connectivity index (χ2v) is 5.26. The topological polar surface area (TPSA) is 17.1 Å². The first-order chi connectivity index (χ1) is 7.82. The van der Waals surface area contributed by atoms with Crippen molar-refractivity contribution < 1.29 is 4.79 Å². The van der Waals surface area contributed by atoms with E-state index >= 15 is 0 Å². The van der Waals surface area contributed by atoms with Crippen LogP contribution < -0.4 is 0 Å². The molecule has 0 aliphatic rings. The van der Waals surface area contributed by atoms with Gasteiger partial charge < -0.3 is 0 Å². The van der Waals surface area contributed by atoms with Crippen LogP contribution >= 0.6 is 0 Å². The van der Waals surface area contributed by atoms with Crippen molar-refractivity contribution in [2.75, 3.05) is 0 Å². The first-order valence-corrected chi connectivity index (χ1v) is 6.71. The van der Waals surface area contributed by atoms with Crippen LogP contribution in [-0.4, -0.2) is 5.78 Å². The molecule has 0 aromatic carbocycles. The lowest BCUT2D eigenvalue weighted by Crippen LogP contribution is -2.05. The van der Waals surface area contributed by atoms with E-state index in [4.69, 9.17) is 0 Å². The van der Waals surface area contributed by atoms with Crippen molar-refractivity contribution in [3.8, 4) is 0 Å². The van der Waals surface area contributed by atoms with Crippen molar-refractivity contribution >= 4 is 5.78 Å². The van der Waals surface area contributed by atoms with Crippen LogP contribution in [-0.2, 0) is 4.79 Å². The number of allylic oxidation sites excluding steroid dienone is 4. The monoisotopic (exact) mass is 236 g/mol. The van der Waals surface area contributed by atoms with Gasteiger partial charge in [-0.25, -0.2) is 0 Å². The standard InChI is InChI=1S/C16H28O/c1-8-9-10-12(4)16(11(2)3)14(6)13(5)15(7)17/h11H,8-10H2,1-7H3/b14-13+,16-12-. The van der Waals surface area contributed by atoms with Gasteiger partial charge in [0.25, 0.3) is 0 Å². The van der Waals surface area contributed by atoms with Gasteiger partial charge in [-0.3, -0.25) is 4.79 Å². The summed E-state index contributed by atoms with van der Waals surface area (Å²) in [6.07, 6.45) is 3.60. The van der Waals surface area contributed by atoms with Crippen LogP contribution in [0.4, 0.5) is 0 Å². The van der Waals surface area contributed by atoms with Crippen LogP contribution in [0.2, 0.25) is 0 Å². The minimum Gasteiger partial charge on any atom is -0.295 e. The number of hydrogen-bond donors (Lipinski definition) is 0. The molecule has 0 aromatic heterocycles. The highest BCUT2D eigenvalue weighted by Gasteiger charge is 2.13. The lowest BCUT2D eigenvalue weighted by molar-refractivity contribution is -0.113. The smallest absolute Gasteiger partial charge is 0.155 e. The Morgan fingerprint density at radius 2 is 1.53 bits per heavy atom. The Labute approximate surface area is 107 Å². The van der Waals surface area contributed by atoms with E-state index in [1.807, 2.05) is 6.92 Å². The van der Waals surface area contributed by atoms with Gasteiger partial charge in [-0.15, -0.1) is 0 Å². The Kier molecular flexibility index (Phi) is 7.10. The highest BCUT2D eigenvalue weighted by Crippen LogP contribution is 2.28. The van der Waals surface area contributed by atoms with Crippen molar-refractivity contribution in [2.24, 2.45) is 5.92 Å². The highest BCUT2D eigenvalue weighted by atomic mass is 16.1. The predicted octanol–water partition coefficient (Wildman–Crippen LogP) is 5.07. The molecule has 0 saturated carbocycles. The molecule has 1 nitrogen and oxygen atoms in total. The predicted molar refractivity (Wildman–Crippen MR) is 76.1 cm³/mol. The van der Waals surface area contributed by atoms with Gasteiger partial charge >= 0.3 is 0 Å². The largest absolute Gasteiger partial charge is 0.295 e. The summed E-state index contributed by atoms with van der Waals surface area (Å²) in [7, 11) is 0. The van der Waals surface area contributed by atoms with Crippen LogP contribution in [0.5, 0.6) is 0 Å². The van der Waals surface area contributed by atoms with E-state index in [2.05, 4.69) is 34.6 Å². The van der Waals surface area contributed by atoms with Gasteiger partial charge in [0.2, 0.25) is 0 Å². The molecular formula is C16H28O. The first kappa shape index (κ1) is 16.1. The maximum absolute atomic E-state index is 11.5. The van der Waals surface area contributed by atoms with E-state index in [9.17, 15) is 4.79 Å². The van der Waals surface area contributed by atoms with Gasteiger partial charge in [-0.2, -0.15) is 0 Å². The Balaban J connectivity index is 5.38. The summed E-state index contributed by atoms with van der Waals surface area (Å²) in [6, 6.07) is 0. The Hall–Kier alpha value is -0.850. The third kappa shape index (κ3) is 4.89. The second-order valence-electron chi connectivity index (χ2n) is 5.26. The zero-order chi connectivity index (χ0) is 13.6. The molecule has 1 heteroatoms. The van der Waals surface area contributed by atoms with Crippen LogP contribution in [0.1, 0.15) is 67.7 Å². The van der Waals surface area contributed by atoms with Crippen molar-refractivity contribution in [3.63, 3.8) is 0 Å². The molecule has 98 valence electrons. The highest BCUT2D eigenvalue weighted by molar-refractivity contribution is 5.94. The van der Waals surface area contributed by atoms with E-state index in [1.54, 1.807) is 6.92 Å². The fourth-order valence-electron chi connectivity index (χ4n) is 2.29. The fourth-order valence-corrected chi connectivity index (χ4v) is 2.29. The van der Waals surface area contributed by atoms with E-state index in [0.29, 0.717) is 5.92 Å². The molecule has 0 rings (SSSR count). The molecule has 0 aromatic rings. The maximum Gasteiger partial charge on any atom is 0.155 e. The van der Waals surface area contributed by atoms with E-state index < -0.39 is 0 Å². The molecule has 0 spiro atoms. The van der Waals surface area contributed by atoms with Gasteiger partial charge in [0.05, 0.1) is 0 Å². The van der Waals surface area contributed by atoms with Crippen LogP contribution in [0.3, 0.4) is 0 Å². The quantitative estimate of drug-likeness (QED) is 0.464. The summed E-state index contributed by atoms with van der Waals surface area (Å²) in [4.78, 5) is 11.5. The molecule has 0 amide bonds. The van der Waals surface area contributed by atoms with Crippen molar-refractivity contribution in [2.45, 2.75) is 67.7 Å². The third-order valence-corrected chi connectivity index (χ3v) is 3.44. The van der Waals surface area contributed by atoms with Gasteiger partial charge in [0.15, 0.2) is 5.78 Å². The van der Waals surface area contributed by atoms with Crippen molar-refractivity contribution in [1.82, 2.24) is 0 Å². The van der Waals surface area contributed by atoms with Crippen molar-refractivity contribution in [1.29, 1.82) is 0 Å². The van der Waals surface area contributed by atoms with Crippen LogP contribution in [0.25, 0.3) is 0 Å². The lowest BCUT2D eigenvalue weighted by atomic mass is 9.87. The molecule has 0 radical (unpaired) electrons. The first-order valence-electron chi connectivity index (χ1n) is 6.71. The zero-order valence-electron chi connectivity index (χ0n) is 12.6. The SMILES string of the molecule is CCCC/C(C)=C(\C(C)=C(/C)C(C)=O)C(C)C. The second kappa shape index (κ2) is 7.47. The van der Waals surface area contributed by atoms with Crippen LogP contribution in [0.15, 0.2) is 22.3 Å². The Morgan fingerprint density at radius 3 is 1.88 bits per heavy atom. The minimum atomic E-state index is 0.184. The molecular weight excluding hydrogens is 208 g/mol. The molecule has 0 N–H and O–H groups in total. The average molecular weight is 236 g/mol. The normalized spacial score (nSPS) is 14.6. The number of Topliss-reactive ketones (excluding diaryl/α,β-unsaturated/α-hetero) is 1. The van der Waals surface area contributed by atoms with E-state index in [1.165, 1.54) is 29.6 Å². The lowest BCUT2D eigenvalue weighted by Gasteiger charge is -2.18. The van der Waals surface area contributed by atoms with Crippen LogP contribution in [0, 0.1) is 5.92 Å². The summed E-state index contributed by atoms with van der Waals surface area (Å²) in [6.45, 7) is 14.5. The summed E-state index contributed by atoms with van der Waals surface area (Å²) in [5.41, 5.74) is 4.91. The number of hydrogen-bond acceptors (Lipinski definition) is 1. The summed E-state index contributed by atoms with van der Waals surface area (Å²) in [5.74, 6) is 0.671. The molecule has 0 aliphatic carbocycles. The number of ketones is 1. The Morgan fingerprint density at radius 1 is 1.00 bits per heavy atom. The van der Waals surface area contributed by atoms with Gasteiger partial charge in [-0.1, -0.05) is 32.8 Å². The van der Waals surface area contributed by atoms with Gasteiger partial charge in [0.1, 0.15) is 0 Å². The molecule has 17 heavy (non-hydrogen) atoms. The van der Waals surface area contributed by atoms with Gasteiger partial charge in [0, 0.05) is 0 Å². The number of carbonyl (C=O) groups is 1. The summed E-state index contributed by atoms with van der Waals surface area (Å²) in [5, 5.41) is 0. The van der Waals surface area contributed by atoms with E-state index in [0.717, 1.165) is 12.0 Å². The molecule has 0 saturated heterocycles. The molecule has 0 bridgehead atoms. The number of rotatable bonds is 6. The fraction of sp³-hybridized carbons (Fsp3) is 0.688. The van der Waals surface area contributed by atoms with Crippen molar-refractivity contribution in [3.05, 3.63) is 22.3 Å². The minimum absolute atomic E-state index is 0.184. The van der Waals surface area contributed by atoms with Gasteiger partial charge in [-0.05, 0) is 63.2 Å². The summed E-state index contributed by atoms with van der Waals surface area (Å²) < 4.78 is 0. The maximum atomic E-state index is 11.5. The third-order valence-electron chi connectivity index (χ3n) is 3.44. The molecule has 0 aliphatic heterocycles.